The molecule has 0 heterocycles. The summed E-state index contributed by atoms with van der Waals surface area (Å²) in [6.45, 7) is 1.60. The summed E-state index contributed by atoms with van der Waals surface area (Å²) in [7, 11) is 0. The molecule has 1 unspecified atom stereocenters. The molecule has 0 aromatic heterocycles. The molecule has 0 fully saturated rings. The molecular formula is C16H14BrFN2O2. The van der Waals surface area contributed by atoms with Gasteiger partial charge in [0.15, 0.2) is 6.10 Å². The van der Waals surface area contributed by atoms with Crippen LogP contribution in [0.15, 0.2) is 58.1 Å². The number of hydrazone groups is 1. The van der Waals surface area contributed by atoms with Gasteiger partial charge in [0.25, 0.3) is 5.91 Å². The normalized spacial score (nSPS) is 12.1. The summed E-state index contributed by atoms with van der Waals surface area (Å²) in [4.78, 5) is 11.9. The monoisotopic (exact) mass is 364 g/mol. The van der Waals surface area contributed by atoms with E-state index in [1.807, 2.05) is 12.1 Å². The molecule has 0 aliphatic heterocycles. The van der Waals surface area contributed by atoms with Crippen molar-refractivity contribution in [1.82, 2.24) is 5.43 Å². The van der Waals surface area contributed by atoms with E-state index < -0.39 is 17.8 Å². The number of nitrogens with one attached hydrogen (secondary N) is 1. The first kappa shape index (κ1) is 16.2. The molecule has 0 saturated heterocycles. The third-order valence-corrected chi connectivity index (χ3v) is 3.45. The molecular weight excluding hydrogens is 351 g/mol. The highest BCUT2D eigenvalue weighted by molar-refractivity contribution is 9.10. The average Bonchev–Trinajstić information content (AvgIpc) is 2.51. The molecule has 2 aromatic rings. The van der Waals surface area contributed by atoms with Crippen LogP contribution in [-0.4, -0.2) is 18.2 Å². The first-order chi connectivity index (χ1) is 10.6. The molecule has 6 heteroatoms. The maximum absolute atomic E-state index is 13.4. The Bertz CT molecular complexity index is 691. The maximum Gasteiger partial charge on any atom is 0.280 e. The van der Waals surface area contributed by atoms with Crippen LogP contribution in [0.5, 0.6) is 5.75 Å². The molecule has 0 saturated carbocycles. The number of para-hydroxylation sites is 1. The molecule has 0 aliphatic rings. The van der Waals surface area contributed by atoms with E-state index in [9.17, 15) is 9.18 Å². The van der Waals surface area contributed by atoms with Gasteiger partial charge in [0, 0.05) is 5.56 Å². The highest BCUT2D eigenvalue weighted by Crippen LogP contribution is 2.24. The van der Waals surface area contributed by atoms with Gasteiger partial charge >= 0.3 is 0 Å². The second kappa shape index (κ2) is 7.70. The van der Waals surface area contributed by atoms with Crippen LogP contribution in [0.1, 0.15) is 12.5 Å². The SMILES string of the molecule is CC(Oc1ccccc1Br)C(=O)NN=Cc1ccccc1F. The lowest BCUT2D eigenvalue weighted by atomic mass is 10.2. The van der Waals surface area contributed by atoms with E-state index in [2.05, 4.69) is 26.5 Å². The van der Waals surface area contributed by atoms with Crippen molar-refractivity contribution in [3.63, 3.8) is 0 Å². The number of ether oxygens (including phenoxy) is 1. The highest BCUT2D eigenvalue weighted by atomic mass is 79.9. The van der Waals surface area contributed by atoms with Crippen LogP contribution in [0.25, 0.3) is 0 Å². The fourth-order valence-corrected chi connectivity index (χ4v) is 2.00. The zero-order valence-corrected chi connectivity index (χ0v) is 13.4. The number of carbonyl (C=O) groups excluding carboxylic acids is 1. The molecule has 0 spiro atoms. The molecule has 0 radical (unpaired) electrons. The van der Waals surface area contributed by atoms with Gasteiger partial charge in [-0.3, -0.25) is 4.79 Å². The molecule has 0 bridgehead atoms. The van der Waals surface area contributed by atoms with Gasteiger partial charge in [-0.2, -0.15) is 5.10 Å². The van der Waals surface area contributed by atoms with Crippen LogP contribution in [0, 0.1) is 5.82 Å². The fourth-order valence-electron chi connectivity index (χ4n) is 1.62. The number of nitrogens with zero attached hydrogens (tertiary/aromatic N) is 1. The number of carbonyl (C=O) groups is 1. The second-order valence-corrected chi connectivity index (χ2v) is 5.30. The minimum atomic E-state index is -0.739. The number of rotatable bonds is 5. The maximum atomic E-state index is 13.4. The van der Waals surface area contributed by atoms with Gasteiger partial charge in [-0.15, -0.1) is 0 Å². The lowest BCUT2D eigenvalue weighted by Gasteiger charge is -2.13. The largest absolute Gasteiger partial charge is 0.480 e. The van der Waals surface area contributed by atoms with Crippen LogP contribution in [0.2, 0.25) is 0 Å². The van der Waals surface area contributed by atoms with Gasteiger partial charge in [-0.25, -0.2) is 9.82 Å². The average molecular weight is 365 g/mol. The minimum absolute atomic E-state index is 0.294. The highest BCUT2D eigenvalue weighted by Gasteiger charge is 2.15. The summed E-state index contributed by atoms with van der Waals surface area (Å²) in [6.07, 6.45) is 0.509. The lowest BCUT2D eigenvalue weighted by Crippen LogP contribution is -2.33. The Morgan fingerprint density at radius 2 is 1.95 bits per heavy atom. The summed E-state index contributed by atoms with van der Waals surface area (Å²) in [5.41, 5.74) is 2.62. The van der Waals surface area contributed by atoms with Crippen LogP contribution in [-0.2, 0) is 4.79 Å². The van der Waals surface area contributed by atoms with Gasteiger partial charge in [-0.05, 0) is 41.1 Å². The van der Waals surface area contributed by atoms with Crippen LogP contribution < -0.4 is 10.2 Å². The Balaban J connectivity index is 1.92. The molecule has 2 aromatic carbocycles. The van der Waals surface area contributed by atoms with Crippen molar-refractivity contribution in [3.8, 4) is 5.75 Å². The van der Waals surface area contributed by atoms with E-state index in [0.29, 0.717) is 11.3 Å². The molecule has 1 atom stereocenters. The molecule has 1 N–H and O–H groups in total. The third kappa shape index (κ3) is 4.39. The van der Waals surface area contributed by atoms with Crippen LogP contribution in [0.3, 0.4) is 0 Å². The summed E-state index contributed by atoms with van der Waals surface area (Å²) in [6, 6.07) is 13.4. The van der Waals surface area contributed by atoms with Gasteiger partial charge in [0.1, 0.15) is 11.6 Å². The quantitative estimate of drug-likeness (QED) is 0.651. The van der Waals surface area contributed by atoms with Crippen molar-refractivity contribution in [2.75, 3.05) is 0 Å². The molecule has 4 nitrogen and oxygen atoms in total. The molecule has 1 amide bonds. The standard InChI is InChI=1S/C16H14BrFN2O2/c1-11(22-15-9-5-3-7-13(15)17)16(21)20-19-10-12-6-2-4-8-14(12)18/h2-11H,1H3,(H,20,21). The Kier molecular flexibility index (Phi) is 5.66. The number of amides is 1. The van der Waals surface area contributed by atoms with Gasteiger partial charge in [0.05, 0.1) is 10.7 Å². The van der Waals surface area contributed by atoms with Crippen LogP contribution >= 0.6 is 15.9 Å². The van der Waals surface area contributed by atoms with E-state index in [1.54, 1.807) is 37.3 Å². The van der Waals surface area contributed by atoms with E-state index >= 15 is 0 Å². The van der Waals surface area contributed by atoms with Gasteiger partial charge in [0.2, 0.25) is 0 Å². The molecule has 114 valence electrons. The first-order valence-corrected chi connectivity index (χ1v) is 7.36. The first-order valence-electron chi connectivity index (χ1n) is 6.56. The molecule has 22 heavy (non-hydrogen) atoms. The predicted octanol–water partition coefficient (Wildman–Crippen LogP) is 3.51. The van der Waals surface area contributed by atoms with Crippen molar-refractivity contribution >= 4 is 28.1 Å². The Morgan fingerprint density at radius 3 is 2.68 bits per heavy atom. The third-order valence-electron chi connectivity index (χ3n) is 2.79. The van der Waals surface area contributed by atoms with Crippen molar-refractivity contribution in [2.24, 2.45) is 5.10 Å². The van der Waals surface area contributed by atoms with Crippen molar-refractivity contribution in [3.05, 3.63) is 64.4 Å². The summed E-state index contributed by atoms with van der Waals surface area (Å²) >= 11 is 3.34. The fraction of sp³-hybridized carbons (Fsp3) is 0.125. The van der Waals surface area contributed by atoms with Gasteiger partial charge in [-0.1, -0.05) is 30.3 Å². The van der Waals surface area contributed by atoms with Crippen molar-refractivity contribution in [1.29, 1.82) is 0 Å². The molecule has 2 rings (SSSR count). The number of hydrogen-bond donors (Lipinski definition) is 1. The summed E-state index contributed by atoms with van der Waals surface area (Å²) in [5.74, 6) is -0.274. The zero-order chi connectivity index (χ0) is 15.9. The van der Waals surface area contributed by atoms with E-state index in [4.69, 9.17) is 4.74 Å². The molecule has 0 aliphatic carbocycles. The Labute approximate surface area is 136 Å². The zero-order valence-electron chi connectivity index (χ0n) is 11.8. The smallest absolute Gasteiger partial charge is 0.280 e. The second-order valence-electron chi connectivity index (χ2n) is 4.45. The summed E-state index contributed by atoms with van der Waals surface area (Å²) < 4.78 is 19.7. The lowest BCUT2D eigenvalue weighted by molar-refractivity contribution is -0.127. The predicted molar refractivity (Wildman–Crippen MR) is 86.4 cm³/mol. The van der Waals surface area contributed by atoms with Crippen molar-refractivity contribution < 1.29 is 13.9 Å². The Hall–Kier alpha value is -2.21. The van der Waals surface area contributed by atoms with Crippen LogP contribution in [0.4, 0.5) is 4.39 Å². The number of hydrogen-bond acceptors (Lipinski definition) is 3. The minimum Gasteiger partial charge on any atom is -0.480 e. The summed E-state index contributed by atoms with van der Waals surface area (Å²) in [5, 5.41) is 3.73. The van der Waals surface area contributed by atoms with Crippen molar-refractivity contribution in [2.45, 2.75) is 13.0 Å². The van der Waals surface area contributed by atoms with E-state index in [-0.39, 0.29) is 0 Å². The topological polar surface area (TPSA) is 50.7 Å². The number of benzene rings is 2. The van der Waals surface area contributed by atoms with E-state index in [1.165, 1.54) is 12.3 Å². The Morgan fingerprint density at radius 1 is 1.27 bits per heavy atom. The number of halogens is 2. The van der Waals surface area contributed by atoms with Gasteiger partial charge < -0.3 is 4.74 Å². The van der Waals surface area contributed by atoms with E-state index in [0.717, 1.165) is 4.47 Å².